The summed E-state index contributed by atoms with van der Waals surface area (Å²) in [6, 6.07) is 3.74. The average Bonchev–Trinajstić information content (AvgIpc) is 2.46. The predicted octanol–water partition coefficient (Wildman–Crippen LogP) is 1.08. The molecular weight excluding hydrogens is 254 g/mol. The van der Waals surface area contributed by atoms with Crippen molar-refractivity contribution in [1.29, 1.82) is 5.26 Å². The summed E-state index contributed by atoms with van der Waals surface area (Å²) < 4.78 is 5.38. The SMILES string of the molecule is COCC1(CNc2nc(C)cc(C#N)n2)CCNCC1. The monoisotopic (exact) mass is 275 g/mol. The number of rotatable bonds is 5. The summed E-state index contributed by atoms with van der Waals surface area (Å²) >= 11 is 0. The van der Waals surface area contributed by atoms with Gasteiger partial charge in [0.1, 0.15) is 11.8 Å². The summed E-state index contributed by atoms with van der Waals surface area (Å²) in [5.74, 6) is 0.524. The van der Waals surface area contributed by atoms with Gasteiger partial charge in [-0.3, -0.25) is 0 Å². The van der Waals surface area contributed by atoms with Crippen LogP contribution in [0.3, 0.4) is 0 Å². The molecule has 1 aromatic rings. The van der Waals surface area contributed by atoms with Crippen LogP contribution in [0, 0.1) is 23.7 Å². The van der Waals surface area contributed by atoms with Gasteiger partial charge in [-0.2, -0.15) is 5.26 Å². The molecule has 6 heteroatoms. The standard InChI is InChI=1S/C14H21N5O/c1-11-7-12(8-15)19-13(18-11)17-9-14(10-20-2)3-5-16-6-4-14/h7,16H,3-6,9-10H2,1-2H3,(H,17,18,19). The molecule has 108 valence electrons. The molecule has 0 unspecified atom stereocenters. The number of anilines is 1. The number of methoxy groups -OCH3 is 1. The summed E-state index contributed by atoms with van der Waals surface area (Å²) in [7, 11) is 1.74. The first kappa shape index (κ1) is 14.7. The highest BCUT2D eigenvalue weighted by Gasteiger charge is 2.32. The average molecular weight is 275 g/mol. The number of ether oxygens (including phenoxy) is 1. The number of hydrogen-bond donors (Lipinski definition) is 2. The van der Waals surface area contributed by atoms with Gasteiger partial charge in [0.05, 0.1) is 6.61 Å². The summed E-state index contributed by atoms with van der Waals surface area (Å²) in [5, 5.41) is 15.6. The molecule has 0 saturated carbocycles. The van der Waals surface area contributed by atoms with Crippen molar-refractivity contribution in [3.8, 4) is 6.07 Å². The van der Waals surface area contributed by atoms with Crippen molar-refractivity contribution >= 4 is 5.95 Å². The number of nitriles is 1. The lowest BCUT2D eigenvalue weighted by Gasteiger charge is -2.37. The zero-order chi connectivity index (χ0) is 14.4. The lowest BCUT2D eigenvalue weighted by atomic mass is 9.79. The lowest BCUT2D eigenvalue weighted by molar-refractivity contribution is 0.0634. The van der Waals surface area contributed by atoms with Gasteiger partial charge in [-0.1, -0.05) is 0 Å². The second kappa shape index (κ2) is 6.64. The van der Waals surface area contributed by atoms with Crippen LogP contribution >= 0.6 is 0 Å². The van der Waals surface area contributed by atoms with Crippen molar-refractivity contribution in [2.24, 2.45) is 5.41 Å². The van der Waals surface area contributed by atoms with Crippen molar-refractivity contribution in [3.63, 3.8) is 0 Å². The van der Waals surface area contributed by atoms with Gasteiger partial charge in [0, 0.05) is 24.8 Å². The molecule has 1 aliphatic heterocycles. The van der Waals surface area contributed by atoms with Crippen molar-refractivity contribution in [2.75, 3.05) is 38.7 Å². The van der Waals surface area contributed by atoms with E-state index in [0.717, 1.165) is 44.8 Å². The van der Waals surface area contributed by atoms with Crippen LogP contribution in [0.15, 0.2) is 6.07 Å². The molecule has 0 atom stereocenters. The Morgan fingerprint density at radius 3 is 2.85 bits per heavy atom. The summed E-state index contributed by atoms with van der Waals surface area (Å²) in [5.41, 5.74) is 1.30. The van der Waals surface area contributed by atoms with Crippen LogP contribution < -0.4 is 10.6 Å². The van der Waals surface area contributed by atoms with E-state index in [0.29, 0.717) is 11.6 Å². The van der Waals surface area contributed by atoms with E-state index in [1.165, 1.54) is 0 Å². The summed E-state index contributed by atoms with van der Waals surface area (Å²) in [6.07, 6.45) is 2.12. The highest BCUT2D eigenvalue weighted by atomic mass is 16.5. The van der Waals surface area contributed by atoms with Gasteiger partial charge in [0.2, 0.25) is 5.95 Å². The molecule has 6 nitrogen and oxygen atoms in total. The number of aryl methyl sites for hydroxylation is 1. The quantitative estimate of drug-likeness (QED) is 0.837. The Morgan fingerprint density at radius 1 is 1.45 bits per heavy atom. The molecule has 0 spiro atoms. The van der Waals surface area contributed by atoms with Crippen LogP contribution in [-0.4, -0.2) is 43.3 Å². The van der Waals surface area contributed by atoms with E-state index in [9.17, 15) is 0 Å². The van der Waals surface area contributed by atoms with E-state index in [1.807, 2.05) is 6.92 Å². The summed E-state index contributed by atoms with van der Waals surface area (Å²) in [6.45, 7) is 5.35. The van der Waals surface area contributed by atoms with Crippen LogP contribution in [0.2, 0.25) is 0 Å². The third kappa shape index (κ3) is 3.65. The molecule has 0 aliphatic carbocycles. The molecule has 2 heterocycles. The molecular formula is C14H21N5O. The fraction of sp³-hybridized carbons (Fsp3) is 0.643. The smallest absolute Gasteiger partial charge is 0.224 e. The zero-order valence-electron chi connectivity index (χ0n) is 12.1. The first-order valence-corrected chi connectivity index (χ1v) is 6.87. The molecule has 1 aromatic heterocycles. The Kier molecular flexibility index (Phi) is 4.88. The Bertz CT molecular complexity index is 485. The maximum Gasteiger partial charge on any atom is 0.224 e. The van der Waals surface area contributed by atoms with Crippen LogP contribution in [0.4, 0.5) is 5.95 Å². The molecule has 2 rings (SSSR count). The second-order valence-corrected chi connectivity index (χ2v) is 5.37. The molecule has 0 amide bonds. The Balaban J connectivity index is 2.05. The second-order valence-electron chi connectivity index (χ2n) is 5.37. The highest BCUT2D eigenvalue weighted by Crippen LogP contribution is 2.29. The van der Waals surface area contributed by atoms with Crippen LogP contribution in [0.25, 0.3) is 0 Å². The topological polar surface area (TPSA) is 82.9 Å². The molecule has 1 fully saturated rings. The van der Waals surface area contributed by atoms with Gasteiger partial charge in [-0.15, -0.1) is 0 Å². The van der Waals surface area contributed by atoms with Gasteiger partial charge in [0.25, 0.3) is 0 Å². The Morgan fingerprint density at radius 2 is 2.20 bits per heavy atom. The predicted molar refractivity (Wildman–Crippen MR) is 76.4 cm³/mol. The molecule has 1 aliphatic rings. The minimum absolute atomic E-state index is 0.111. The molecule has 1 saturated heterocycles. The minimum Gasteiger partial charge on any atom is -0.384 e. The van der Waals surface area contributed by atoms with Crippen LogP contribution in [0.1, 0.15) is 24.2 Å². The van der Waals surface area contributed by atoms with Gasteiger partial charge in [0.15, 0.2) is 0 Å². The van der Waals surface area contributed by atoms with Gasteiger partial charge >= 0.3 is 0 Å². The number of piperidine rings is 1. The third-order valence-corrected chi connectivity index (χ3v) is 3.71. The highest BCUT2D eigenvalue weighted by molar-refractivity contribution is 5.33. The molecule has 0 radical (unpaired) electrons. The molecule has 2 N–H and O–H groups in total. The van der Waals surface area contributed by atoms with E-state index < -0.39 is 0 Å². The lowest BCUT2D eigenvalue weighted by Crippen LogP contribution is -2.44. The van der Waals surface area contributed by atoms with E-state index >= 15 is 0 Å². The van der Waals surface area contributed by atoms with E-state index in [1.54, 1.807) is 13.2 Å². The third-order valence-electron chi connectivity index (χ3n) is 3.71. The van der Waals surface area contributed by atoms with Crippen molar-refractivity contribution < 1.29 is 4.74 Å². The Hall–Kier alpha value is -1.71. The van der Waals surface area contributed by atoms with Gasteiger partial charge < -0.3 is 15.4 Å². The van der Waals surface area contributed by atoms with E-state index in [2.05, 4.69) is 26.7 Å². The largest absolute Gasteiger partial charge is 0.384 e. The van der Waals surface area contributed by atoms with Crippen molar-refractivity contribution in [2.45, 2.75) is 19.8 Å². The fourth-order valence-electron chi connectivity index (χ4n) is 2.61. The van der Waals surface area contributed by atoms with Crippen molar-refractivity contribution in [3.05, 3.63) is 17.5 Å². The van der Waals surface area contributed by atoms with E-state index in [4.69, 9.17) is 10.00 Å². The van der Waals surface area contributed by atoms with Gasteiger partial charge in [-0.25, -0.2) is 9.97 Å². The molecule has 20 heavy (non-hydrogen) atoms. The molecule has 0 bridgehead atoms. The number of aromatic nitrogens is 2. The minimum atomic E-state index is 0.111. The molecule has 0 aromatic carbocycles. The first-order valence-electron chi connectivity index (χ1n) is 6.87. The first-order chi connectivity index (χ1) is 9.67. The number of nitrogens with zero attached hydrogens (tertiary/aromatic N) is 3. The maximum atomic E-state index is 8.94. The Labute approximate surface area is 119 Å². The normalized spacial score (nSPS) is 17.4. The van der Waals surface area contributed by atoms with E-state index in [-0.39, 0.29) is 5.41 Å². The number of nitrogens with one attached hydrogen (secondary N) is 2. The van der Waals surface area contributed by atoms with Gasteiger partial charge in [-0.05, 0) is 38.9 Å². The van der Waals surface area contributed by atoms with Crippen molar-refractivity contribution in [1.82, 2.24) is 15.3 Å². The zero-order valence-corrected chi connectivity index (χ0v) is 12.1. The summed E-state index contributed by atoms with van der Waals surface area (Å²) in [4.78, 5) is 8.52. The maximum absolute atomic E-state index is 8.94. The van der Waals surface area contributed by atoms with Crippen LogP contribution in [-0.2, 0) is 4.74 Å². The number of hydrogen-bond acceptors (Lipinski definition) is 6. The van der Waals surface area contributed by atoms with Crippen LogP contribution in [0.5, 0.6) is 0 Å². The fourth-order valence-corrected chi connectivity index (χ4v) is 2.61.